The predicted molar refractivity (Wildman–Crippen MR) is 97.7 cm³/mol. The molecular formula is C16H30ClN3OS. The summed E-state index contributed by atoms with van der Waals surface area (Å²) in [6.45, 7) is 10.9. The Balaban J connectivity index is 0.00000441. The van der Waals surface area contributed by atoms with E-state index in [1.54, 1.807) is 11.3 Å². The molecule has 1 aromatic heterocycles. The lowest BCUT2D eigenvalue weighted by Crippen LogP contribution is -2.47. The number of nitrogens with one attached hydrogen (secondary N) is 1. The number of amides is 1. The average molecular weight is 348 g/mol. The summed E-state index contributed by atoms with van der Waals surface area (Å²) in [7, 11) is 0. The molecule has 0 bridgehead atoms. The largest absolute Gasteiger partial charge is 0.353 e. The molecule has 1 heterocycles. The molecule has 0 aliphatic heterocycles. The van der Waals surface area contributed by atoms with Gasteiger partial charge >= 0.3 is 0 Å². The maximum absolute atomic E-state index is 12.2. The molecule has 1 rings (SSSR count). The fraction of sp³-hybridized carbons (Fsp3) is 0.688. The van der Waals surface area contributed by atoms with Gasteiger partial charge in [0.2, 0.25) is 5.91 Å². The molecule has 3 unspecified atom stereocenters. The van der Waals surface area contributed by atoms with Crippen LogP contribution in [0.4, 0.5) is 0 Å². The van der Waals surface area contributed by atoms with Gasteiger partial charge in [0.1, 0.15) is 0 Å². The van der Waals surface area contributed by atoms with E-state index in [2.05, 4.69) is 47.8 Å². The first kappa shape index (κ1) is 21.4. The zero-order valence-corrected chi connectivity index (χ0v) is 15.7. The Morgan fingerprint density at radius 3 is 2.45 bits per heavy atom. The van der Waals surface area contributed by atoms with Gasteiger partial charge in [0.15, 0.2) is 0 Å². The Bertz CT molecular complexity index is 410. The predicted octanol–water partition coefficient (Wildman–Crippen LogP) is 3.04. The molecule has 3 N–H and O–H groups in total. The summed E-state index contributed by atoms with van der Waals surface area (Å²) in [6.07, 6.45) is 0.915. The van der Waals surface area contributed by atoms with Crippen molar-refractivity contribution in [2.45, 2.75) is 46.2 Å². The molecule has 0 aromatic carbocycles. The highest BCUT2D eigenvalue weighted by Crippen LogP contribution is 2.22. The van der Waals surface area contributed by atoms with Crippen LogP contribution in [0.15, 0.2) is 16.8 Å². The van der Waals surface area contributed by atoms with Crippen molar-refractivity contribution in [1.29, 1.82) is 0 Å². The molecule has 22 heavy (non-hydrogen) atoms. The van der Waals surface area contributed by atoms with Crippen LogP contribution in [-0.4, -0.2) is 36.5 Å². The topological polar surface area (TPSA) is 58.4 Å². The number of rotatable bonds is 9. The number of carbonyl (C=O) groups excluding carboxylic acids is 1. The van der Waals surface area contributed by atoms with Gasteiger partial charge in [-0.1, -0.05) is 34.1 Å². The molecule has 0 aliphatic carbocycles. The minimum atomic E-state index is -0.421. The van der Waals surface area contributed by atoms with E-state index in [0.717, 1.165) is 19.5 Å². The Kier molecular flexibility index (Phi) is 10.7. The van der Waals surface area contributed by atoms with Crippen molar-refractivity contribution < 1.29 is 4.79 Å². The summed E-state index contributed by atoms with van der Waals surface area (Å²) < 4.78 is 0. The van der Waals surface area contributed by atoms with E-state index in [0.29, 0.717) is 6.54 Å². The van der Waals surface area contributed by atoms with E-state index in [-0.39, 0.29) is 30.3 Å². The summed E-state index contributed by atoms with van der Waals surface area (Å²) in [5, 5.41) is 7.27. The number of nitrogens with two attached hydrogens (primary N) is 1. The van der Waals surface area contributed by atoms with Crippen LogP contribution in [0.5, 0.6) is 0 Å². The fourth-order valence-electron chi connectivity index (χ4n) is 2.41. The van der Waals surface area contributed by atoms with Crippen molar-refractivity contribution in [2.75, 3.05) is 19.6 Å². The Morgan fingerprint density at radius 1 is 1.36 bits per heavy atom. The van der Waals surface area contributed by atoms with Crippen LogP contribution in [0.1, 0.15) is 45.7 Å². The summed E-state index contributed by atoms with van der Waals surface area (Å²) in [6, 6.07) is 1.93. The van der Waals surface area contributed by atoms with E-state index >= 15 is 0 Å². The van der Waals surface area contributed by atoms with Crippen molar-refractivity contribution in [1.82, 2.24) is 10.2 Å². The molecule has 3 atom stereocenters. The van der Waals surface area contributed by atoms with E-state index < -0.39 is 6.04 Å². The van der Waals surface area contributed by atoms with Crippen LogP contribution in [-0.2, 0) is 4.79 Å². The third kappa shape index (κ3) is 5.88. The molecule has 4 nitrogen and oxygen atoms in total. The average Bonchev–Trinajstić information content (AvgIpc) is 3.03. The van der Waals surface area contributed by atoms with Crippen LogP contribution in [0.25, 0.3) is 0 Å². The second kappa shape index (κ2) is 11.0. The Hall–Kier alpha value is -0.620. The minimum Gasteiger partial charge on any atom is -0.353 e. The lowest BCUT2D eigenvalue weighted by atomic mass is 9.99. The zero-order valence-electron chi connectivity index (χ0n) is 14.0. The summed E-state index contributed by atoms with van der Waals surface area (Å²) in [5.41, 5.74) is 7.26. The van der Waals surface area contributed by atoms with Crippen LogP contribution < -0.4 is 11.1 Å². The second-order valence-electron chi connectivity index (χ2n) is 5.45. The smallest absolute Gasteiger partial charge is 0.237 e. The van der Waals surface area contributed by atoms with Gasteiger partial charge in [0.25, 0.3) is 0 Å². The third-order valence-electron chi connectivity index (χ3n) is 4.21. The van der Waals surface area contributed by atoms with Crippen LogP contribution in [0.2, 0.25) is 0 Å². The number of thiophene rings is 1. The van der Waals surface area contributed by atoms with Gasteiger partial charge in [0, 0.05) is 6.54 Å². The van der Waals surface area contributed by atoms with Crippen molar-refractivity contribution in [2.24, 2.45) is 11.7 Å². The first-order valence-corrected chi connectivity index (χ1v) is 8.78. The number of carbonyl (C=O) groups is 1. The quantitative estimate of drug-likeness (QED) is 0.721. The van der Waals surface area contributed by atoms with E-state index in [4.69, 9.17) is 5.73 Å². The van der Waals surface area contributed by atoms with Crippen LogP contribution in [0, 0.1) is 5.92 Å². The molecule has 6 heteroatoms. The van der Waals surface area contributed by atoms with E-state index in [1.165, 1.54) is 5.56 Å². The maximum Gasteiger partial charge on any atom is 0.237 e. The van der Waals surface area contributed by atoms with Crippen molar-refractivity contribution in [3.63, 3.8) is 0 Å². The third-order valence-corrected chi connectivity index (χ3v) is 4.91. The monoisotopic (exact) mass is 347 g/mol. The van der Waals surface area contributed by atoms with Gasteiger partial charge in [0.05, 0.1) is 12.1 Å². The molecule has 0 spiro atoms. The Morgan fingerprint density at radius 2 is 2.00 bits per heavy atom. The molecule has 0 fully saturated rings. The summed E-state index contributed by atoms with van der Waals surface area (Å²) >= 11 is 1.69. The fourth-order valence-corrected chi connectivity index (χ4v) is 3.12. The van der Waals surface area contributed by atoms with Crippen LogP contribution >= 0.6 is 23.7 Å². The first-order valence-electron chi connectivity index (χ1n) is 7.84. The maximum atomic E-state index is 12.2. The van der Waals surface area contributed by atoms with E-state index in [1.807, 2.05) is 6.92 Å². The second-order valence-corrected chi connectivity index (χ2v) is 6.23. The summed E-state index contributed by atoms with van der Waals surface area (Å²) in [4.78, 5) is 14.5. The molecule has 0 radical (unpaired) electrons. The lowest BCUT2D eigenvalue weighted by molar-refractivity contribution is -0.123. The number of halogens is 1. The van der Waals surface area contributed by atoms with Gasteiger partial charge in [-0.25, -0.2) is 0 Å². The minimum absolute atomic E-state index is 0. The van der Waals surface area contributed by atoms with Gasteiger partial charge in [-0.3, -0.25) is 9.69 Å². The highest BCUT2D eigenvalue weighted by atomic mass is 35.5. The van der Waals surface area contributed by atoms with Gasteiger partial charge in [-0.15, -0.1) is 12.4 Å². The lowest BCUT2D eigenvalue weighted by Gasteiger charge is -2.30. The van der Waals surface area contributed by atoms with Crippen molar-refractivity contribution in [3.05, 3.63) is 22.4 Å². The molecular weight excluding hydrogens is 318 g/mol. The van der Waals surface area contributed by atoms with E-state index in [9.17, 15) is 4.79 Å². The highest BCUT2D eigenvalue weighted by molar-refractivity contribution is 7.07. The number of hydrogen-bond acceptors (Lipinski definition) is 4. The molecule has 128 valence electrons. The Labute approximate surface area is 144 Å². The standard InChI is InChI=1S/C16H29N3OS.ClH/c1-5-12(4)15(17)16(20)18-10-14(19(6-2)7-3)13-8-9-21-11-13;/h8-9,11-12,14-15H,5-7,10,17H2,1-4H3,(H,18,20);1H. The van der Waals surface area contributed by atoms with Gasteiger partial charge < -0.3 is 11.1 Å². The highest BCUT2D eigenvalue weighted by Gasteiger charge is 2.23. The molecule has 1 amide bonds. The van der Waals surface area contributed by atoms with Crippen molar-refractivity contribution in [3.8, 4) is 0 Å². The normalized spacial score (nSPS) is 15.0. The first-order chi connectivity index (χ1) is 10.0. The number of hydrogen-bond donors (Lipinski definition) is 2. The number of likely N-dealkylation sites (N-methyl/N-ethyl adjacent to an activating group) is 1. The molecule has 0 saturated heterocycles. The summed E-state index contributed by atoms with van der Waals surface area (Å²) in [5.74, 6) is 0.162. The van der Waals surface area contributed by atoms with Crippen LogP contribution in [0.3, 0.4) is 0 Å². The SMILES string of the molecule is CCC(C)C(N)C(=O)NCC(c1ccsc1)N(CC)CC.Cl. The van der Waals surface area contributed by atoms with Gasteiger partial charge in [-0.2, -0.15) is 11.3 Å². The van der Waals surface area contributed by atoms with Gasteiger partial charge in [-0.05, 0) is 41.4 Å². The molecule has 0 saturated carbocycles. The van der Waals surface area contributed by atoms with Crippen molar-refractivity contribution >= 4 is 29.7 Å². The molecule has 1 aromatic rings. The molecule has 0 aliphatic rings. The zero-order chi connectivity index (χ0) is 15.8. The number of nitrogens with zero attached hydrogens (tertiary/aromatic N) is 1.